The van der Waals surface area contributed by atoms with E-state index < -0.39 is 0 Å². The Balaban J connectivity index is 2.45. The van der Waals surface area contributed by atoms with Gasteiger partial charge >= 0.3 is 0 Å². The summed E-state index contributed by atoms with van der Waals surface area (Å²) in [5.41, 5.74) is 2.98. The molecule has 2 aromatic carbocycles. The molecule has 0 saturated carbocycles. The molecular formula is C15H13Br2FO. The Labute approximate surface area is 129 Å². The van der Waals surface area contributed by atoms with E-state index in [9.17, 15) is 4.39 Å². The number of methoxy groups -OCH3 is 1. The number of hydrogen-bond acceptors (Lipinski definition) is 1. The van der Waals surface area contributed by atoms with Crippen LogP contribution >= 0.6 is 31.9 Å². The molecule has 0 fully saturated rings. The maximum atomic E-state index is 13.4. The van der Waals surface area contributed by atoms with E-state index in [-0.39, 0.29) is 10.6 Å². The highest BCUT2D eigenvalue weighted by Gasteiger charge is 2.16. The van der Waals surface area contributed by atoms with E-state index in [4.69, 9.17) is 4.74 Å². The van der Waals surface area contributed by atoms with E-state index >= 15 is 0 Å². The Morgan fingerprint density at radius 2 is 1.89 bits per heavy atom. The van der Waals surface area contributed by atoms with Gasteiger partial charge in [0.2, 0.25) is 0 Å². The summed E-state index contributed by atoms with van der Waals surface area (Å²) in [5, 5.41) is 0. The molecule has 1 unspecified atom stereocenters. The normalized spacial score (nSPS) is 12.3. The summed E-state index contributed by atoms with van der Waals surface area (Å²) in [4.78, 5) is -0.116. The van der Waals surface area contributed by atoms with Crippen molar-refractivity contribution in [2.24, 2.45) is 0 Å². The van der Waals surface area contributed by atoms with Crippen molar-refractivity contribution in [3.63, 3.8) is 0 Å². The van der Waals surface area contributed by atoms with Gasteiger partial charge in [0.25, 0.3) is 0 Å². The monoisotopic (exact) mass is 386 g/mol. The van der Waals surface area contributed by atoms with Gasteiger partial charge in [-0.3, -0.25) is 0 Å². The zero-order chi connectivity index (χ0) is 14.0. The summed E-state index contributed by atoms with van der Waals surface area (Å²) in [6.45, 7) is 2.03. The van der Waals surface area contributed by atoms with Crippen LogP contribution < -0.4 is 4.74 Å². The molecule has 0 aliphatic rings. The smallest absolute Gasteiger partial charge is 0.123 e. The first-order valence-corrected chi connectivity index (χ1v) is 7.47. The number of hydrogen-bond donors (Lipinski definition) is 0. The second-order valence-electron chi connectivity index (χ2n) is 4.26. The summed E-state index contributed by atoms with van der Waals surface area (Å²) in [6.07, 6.45) is 0. The van der Waals surface area contributed by atoms with Gasteiger partial charge in [-0.25, -0.2) is 4.39 Å². The van der Waals surface area contributed by atoms with Gasteiger partial charge in [-0.1, -0.05) is 44.0 Å². The highest BCUT2D eigenvalue weighted by molar-refractivity contribution is 9.10. The Morgan fingerprint density at radius 3 is 2.53 bits per heavy atom. The number of rotatable bonds is 3. The van der Waals surface area contributed by atoms with Crippen LogP contribution in [-0.4, -0.2) is 7.11 Å². The van der Waals surface area contributed by atoms with Crippen LogP contribution in [0.25, 0.3) is 0 Å². The molecule has 100 valence electrons. The number of alkyl halides is 1. The van der Waals surface area contributed by atoms with Crippen LogP contribution in [0.15, 0.2) is 40.9 Å². The average molecular weight is 388 g/mol. The first-order chi connectivity index (χ1) is 9.02. The van der Waals surface area contributed by atoms with Gasteiger partial charge in [0.05, 0.1) is 11.9 Å². The third kappa shape index (κ3) is 3.18. The third-order valence-corrected chi connectivity index (χ3v) is 4.83. The largest absolute Gasteiger partial charge is 0.496 e. The molecule has 0 bridgehead atoms. The Hall–Kier alpha value is -0.870. The molecule has 1 nitrogen and oxygen atoms in total. The fourth-order valence-corrected chi connectivity index (χ4v) is 2.89. The van der Waals surface area contributed by atoms with Crippen molar-refractivity contribution < 1.29 is 9.13 Å². The fraction of sp³-hybridized carbons (Fsp3) is 0.200. The summed E-state index contributed by atoms with van der Waals surface area (Å²) in [5.74, 6) is 0.395. The lowest BCUT2D eigenvalue weighted by Gasteiger charge is -2.15. The summed E-state index contributed by atoms with van der Waals surface area (Å²) >= 11 is 7.12. The first kappa shape index (κ1) is 14.5. The minimum absolute atomic E-state index is 0.116. The predicted molar refractivity (Wildman–Crippen MR) is 82.6 cm³/mol. The second-order valence-corrected chi connectivity index (χ2v) is 6.03. The van der Waals surface area contributed by atoms with Crippen LogP contribution in [0.5, 0.6) is 5.75 Å². The highest BCUT2D eigenvalue weighted by atomic mass is 79.9. The van der Waals surface area contributed by atoms with Crippen LogP contribution in [0.2, 0.25) is 0 Å². The van der Waals surface area contributed by atoms with Gasteiger partial charge in [-0.05, 0) is 42.3 Å². The highest BCUT2D eigenvalue weighted by Crippen LogP contribution is 2.38. The molecule has 0 aliphatic heterocycles. The van der Waals surface area contributed by atoms with Crippen molar-refractivity contribution >= 4 is 31.9 Å². The van der Waals surface area contributed by atoms with Crippen molar-refractivity contribution in [3.8, 4) is 5.75 Å². The minimum atomic E-state index is -0.272. The summed E-state index contributed by atoms with van der Waals surface area (Å²) in [6, 6.07) is 10.6. The molecular weight excluding hydrogens is 375 g/mol. The van der Waals surface area contributed by atoms with Gasteiger partial charge < -0.3 is 4.74 Å². The van der Waals surface area contributed by atoms with Gasteiger partial charge in [-0.2, -0.15) is 0 Å². The Morgan fingerprint density at radius 1 is 1.16 bits per heavy atom. The lowest BCUT2D eigenvalue weighted by Crippen LogP contribution is -1.98. The van der Waals surface area contributed by atoms with E-state index in [0.29, 0.717) is 5.75 Å². The molecule has 19 heavy (non-hydrogen) atoms. The Bertz CT molecular complexity index is 599. The fourth-order valence-electron chi connectivity index (χ4n) is 1.85. The summed E-state index contributed by atoms with van der Waals surface area (Å²) in [7, 11) is 1.58. The molecule has 4 heteroatoms. The van der Waals surface area contributed by atoms with Crippen LogP contribution in [0.1, 0.15) is 21.5 Å². The molecule has 1 atom stereocenters. The van der Waals surface area contributed by atoms with Crippen molar-refractivity contribution in [1.82, 2.24) is 0 Å². The molecule has 0 saturated heterocycles. The van der Waals surface area contributed by atoms with Crippen molar-refractivity contribution in [2.75, 3.05) is 7.11 Å². The van der Waals surface area contributed by atoms with E-state index in [1.54, 1.807) is 13.2 Å². The Kier molecular flexibility index (Phi) is 4.63. The van der Waals surface area contributed by atoms with Crippen molar-refractivity contribution in [3.05, 3.63) is 63.4 Å². The maximum Gasteiger partial charge on any atom is 0.123 e. The standard InChI is InChI=1S/C15H13Br2FO/c1-9-3-4-10(7-13(9)16)15(17)12-8-11(18)5-6-14(12)19-2/h3-8,15H,1-2H3. The van der Waals surface area contributed by atoms with Gasteiger partial charge in [0, 0.05) is 10.0 Å². The van der Waals surface area contributed by atoms with E-state index in [1.807, 2.05) is 25.1 Å². The van der Waals surface area contributed by atoms with Crippen LogP contribution in [0.3, 0.4) is 0 Å². The van der Waals surface area contributed by atoms with Crippen LogP contribution in [0, 0.1) is 12.7 Å². The van der Waals surface area contributed by atoms with Crippen molar-refractivity contribution in [1.29, 1.82) is 0 Å². The molecule has 0 aliphatic carbocycles. The van der Waals surface area contributed by atoms with Gasteiger partial charge in [0.15, 0.2) is 0 Å². The zero-order valence-corrected chi connectivity index (χ0v) is 13.8. The predicted octanol–water partition coefficient (Wildman–Crippen LogP) is 5.39. The zero-order valence-electron chi connectivity index (χ0n) is 10.6. The third-order valence-electron chi connectivity index (χ3n) is 2.95. The molecule has 0 amide bonds. The molecule has 0 N–H and O–H groups in total. The number of halogens is 3. The molecule has 2 aromatic rings. The number of ether oxygens (including phenoxy) is 1. The SMILES string of the molecule is COc1ccc(F)cc1C(Br)c1ccc(C)c(Br)c1. The molecule has 0 radical (unpaired) electrons. The minimum Gasteiger partial charge on any atom is -0.496 e. The summed E-state index contributed by atoms with van der Waals surface area (Å²) < 4.78 is 19.7. The quantitative estimate of drug-likeness (QED) is 0.641. The van der Waals surface area contributed by atoms with Crippen LogP contribution in [0.4, 0.5) is 4.39 Å². The maximum absolute atomic E-state index is 13.4. The second kappa shape index (κ2) is 6.06. The average Bonchev–Trinajstić information content (AvgIpc) is 2.41. The van der Waals surface area contributed by atoms with Gasteiger partial charge in [0.1, 0.15) is 11.6 Å². The van der Waals surface area contributed by atoms with E-state index in [2.05, 4.69) is 31.9 Å². The lowest BCUT2D eigenvalue weighted by atomic mass is 10.0. The van der Waals surface area contributed by atoms with Gasteiger partial charge in [-0.15, -0.1) is 0 Å². The lowest BCUT2D eigenvalue weighted by molar-refractivity contribution is 0.409. The van der Waals surface area contributed by atoms with Crippen molar-refractivity contribution in [2.45, 2.75) is 11.8 Å². The molecule has 0 spiro atoms. The van der Waals surface area contributed by atoms with Crippen LogP contribution in [-0.2, 0) is 0 Å². The number of aryl methyl sites for hydroxylation is 1. The van der Waals surface area contributed by atoms with E-state index in [1.165, 1.54) is 12.1 Å². The van der Waals surface area contributed by atoms with E-state index in [0.717, 1.165) is 21.2 Å². The molecule has 0 aromatic heterocycles. The first-order valence-electron chi connectivity index (χ1n) is 5.76. The molecule has 2 rings (SSSR count). The number of benzene rings is 2. The topological polar surface area (TPSA) is 9.23 Å². The molecule has 0 heterocycles.